The molecule has 0 saturated carbocycles. The third kappa shape index (κ3) is 1.69. The Morgan fingerprint density at radius 2 is 2.04 bits per heavy atom. The average Bonchev–Trinajstić information content (AvgIpc) is 3.06. The minimum absolute atomic E-state index is 0.0140. The van der Waals surface area contributed by atoms with Crippen LogP contribution in [0.3, 0.4) is 0 Å². The van der Waals surface area contributed by atoms with Crippen LogP contribution in [0.5, 0.6) is 0 Å². The van der Waals surface area contributed by atoms with Gasteiger partial charge in [0.2, 0.25) is 0 Å². The second-order valence-electron chi connectivity index (χ2n) is 6.60. The number of aromatic nitrogens is 1. The molecule has 24 heavy (non-hydrogen) atoms. The molecular weight excluding hydrogens is 366 g/mol. The fourth-order valence-corrected chi connectivity index (χ4v) is 4.46. The molecule has 1 amide bonds. The molecular formula is C19H16BrN3O. The predicted octanol–water partition coefficient (Wildman–Crippen LogP) is 3.58. The monoisotopic (exact) mass is 381 g/mol. The van der Waals surface area contributed by atoms with Crippen LogP contribution < -0.4 is 10.6 Å². The molecule has 0 fully saturated rings. The highest BCUT2D eigenvalue weighted by molar-refractivity contribution is 9.10. The molecule has 0 radical (unpaired) electrons. The van der Waals surface area contributed by atoms with Crippen LogP contribution in [0.1, 0.15) is 22.4 Å². The SMILES string of the molecule is Cc1ccc2[nH]c3c(c2c1)CCN[C@]31C(=O)Nc2ccc(Br)cc21. The van der Waals surface area contributed by atoms with Gasteiger partial charge in [-0.2, -0.15) is 0 Å². The van der Waals surface area contributed by atoms with E-state index in [1.165, 1.54) is 16.5 Å². The van der Waals surface area contributed by atoms with Crippen LogP contribution in [0.25, 0.3) is 10.9 Å². The van der Waals surface area contributed by atoms with Crippen molar-refractivity contribution in [3.8, 4) is 0 Å². The summed E-state index contributed by atoms with van der Waals surface area (Å²) in [5.74, 6) is -0.0140. The molecule has 2 aliphatic rings. The van der Waals surface area contributed by atoms with Gasteiger partial charge in [-0.3, -0.25) is 10.1 Å². The van der Waals surface area contributed by atoms with Gasteiger partial charge in [0.05, 0.1) is 5.69 Å². The maximum absolute atomic E-state index is 13.0. The van der Waals surface area contributed by atoms with E-state index in [1.807, 2.05) is 18.2 Å². The van der Waals surface area contributed by atoms with Crippen molar-refractivity contribution in [1.29, 1.82) is 0 Å². The first kappa shape index (κ1) is 14.3. The topological polar surface area (TPSA) is 56.9 Å². The van der Waals surface area contributed by atoms with Crippen LogP contribution in [0.15, 0.2) is 40.9 Å². The molecule has 4 nitrogen and oxygen atoms in total. The van der Waals surface area contributed by atoms with Gasteiger partial charge in [-0.25, -0.2) is 0 Å². The van der Waals surface area contributed by atoms with E-state index in [4.69, 9.17) is 0 Å². The molecule has 1 spiro atoms. The highest BCUT2D eigenvalue weighted by Gasteiger charge is 2.52. The number of H-pyrrole nitrogens is 1. The normalized spacial score (nSPS) is 21.8. The van der Waals surface area contributed by atoms with E-state index in [9.17, 15) is 4.79 Å². The van der Waals surface area contributed by atoms with Gasteiger partial charge in [0.25, 0.3) is 5.91 Å². The molecule has 1 atom stereocenters. The summed E-state index contributed by atoms with van der Waals surface area (Å²) >= 11 is 3.54. The molecule has 5 heteroatoms. The first-order valence-corrected chi connectivity index (χ1v) is 8.87. The fraction of sp³-hybridized carbons (Fsp3) is 0.211. The molecule has 1 aromatic heterocycles. The van der Waals surface area contributed by atoms with E-state index >= 15 is 0 Å². The van der Waals surface area contributed by atoms with Crippen LogP contribution >= 0.6 is 15.9 Å². The summed E-state index contributed by atoms with van der Waals surface area (Å²) in [5.41, 5.74) is 5.56. The predicted molar refractivity (Wildman–Crippen MR) is 98.3 cm³/mol. The Hall–Kier alpha value is -2.11. The van der Waals surface area contributed by atoms with Gasteiger partial charge in [0.1, 0.15) is 0 Å². The zero-order chi connectivity index (χ0) is 16.5. The summed E-state index contributed by atoms with van der Waals surface area (Å²) in [7, 11) is 0. The number of benzene rings is 2. The Kier molecular flexibility index (Phi) is 2.80. The number of anilines is 1. The van der Waals surface area contributed by atoms with Crippen LogP contribution in [0.4, 0.5) is 5.69 Å². The van der Waals surface area contributed by atoms with Crippen LogP contribution in [0.2, 0.25) is 0 Å². The number of amides is 1. The zero-order valence-corrected chi connectivity index (χ0v) is 14.8. The van der Waals surface area contributed by atoms with Crippen molar-refractivity contribution in [3.63, 3.8) is 0 Å². The van der Waals surface area contributed by atoms with Crippen LogP contribution in [-0.4, -0.2) is 17.4 Å². The summed E-state index contributed by atoms with van der Waals surface area (Å²) in [6.45, 7) is 2.87. The number of hydrogen-bond donors (Lipinski definition) is 3. The molecule has 0 bridgehead atoms. The number of nitrogens with one attached hydrogen (secondary N) is 3. The van der Waals surface area contributed by atoms with Crippen molar-refractivity contribution in [2.24, 2.45) is 0 Å². The Morgan fingerprint density at radius 1 is 1.17 bits per heavy atom. The maximum atomic E-state index is 13.0. The number of hydrogen-bond acceptors (Lipinski definition) is 2. The summed E-state index contributed by atoms with van der Waals surface area (Å²) in [4.78, 5) is 16.5. The van der Waals surface area contributed by atoms with E-state index in [0.717, 1.165) is 39.9 Å². The molecule has 3 N–H and O–H groups in total. The van der Waals surface area contributed by atoms with Gasteiger partial charge in [-0.05, 0) is 49.2 Å². The minimum atomic E-state index is -0.834. The van der Waals surface area contributed by atoms with Gasteiger partial charge < -0.3 is 10.3 Å². The number of aromatic amines is 1. The smallest absolute Gasteiger partial charge is 0.255 e. The highest BCUT2D eigenvalue weighted by Crippen LogP contribution is 2.46. The van der Waals surface area contributed by atoms with E-state index in [2.05, 4.69) is 56.7 Å². The zero-order valence-electron chi connectivity index (χ0n) is 13.2. The summed E-state index contributed by atoms with van der Waals surface area (Å²) < 4.78 is 0.970. The van der Waals surface area contributed by atoms with Crippen molar-refractivity contribution < 1.29 is 4.79 Å². The maximum Gasteiger partial charge on any atom is 0.255 e. The number of fused-ring (bicyclic) bond motifs is 6. The Bertz CT molecular complexity index is 1020. The number of aryl methyl sites for hydroxylation is 1. The average molecular weight is 382 g/mol. The van der Waals surface area contributed by atoms with E-state index in [-0.39, 0.29) is 5.91 Å². The van der Waals surface area contributed by atoms with Gasteiger partial charge in [-0.15, -0.1) is 0 Å². The molecule has 2 aromatic carbocycles. The fourth-order valence-electron chi connectivity index (χ4n) is 4.10. The van der Waals surface area contributed by atoms with Crippen molar-refractivity contribution in [2.45, 2.75) is 18.9 Å². The Balaban J connectivity index is 1.86. The van der Waals surface area contributed by atoms with Crippen molar-refractivity contribution >= 4 is 38.4 Å². The quantitative estimate of drug-likeness (QED) is 0.557. The second-order valence-corrected chi connectivity index (χ2v) is 7.51. The van der Waals surface area contributed by atoms with Gasteiger partial charge in [-0.1, -0.05) is 27.6 Å². The molecule has 0 aliphatic carbocycles. The van der Waals surface area contributed by atoms with E-state index in [1.54, 1.807) is 0 Å². The number of carbonyl (C=O) groups is 1. The van der Waals surface area contributed by atoms with Crippen LogP contribution in [-0.2, 0) is 16.8 Å². The molecule has 5 rings (SSSR count). The second kappa shape index (κ2) is 4.71. The number of halogens is 1. The first-order valence-electron chi connectivity index (χ1n) is 8.08. The van der Waals surface area contributed by atoms with Gasteiger partial charge >= 0.3 is 0 Å². The van der Waals surface area contributed by atoms with Crippen molar-refractivity contribution in [3.05, 3.63) is 63.3 Å². The lowest BCUT2D eigenvalue weighted by molar-refractivity contribution is -0.120. The largest absolute Gasteiger partial charge is 0.356 e. The van der Waals surface area contributed by atoms with Crippen molar-refractivity contribution in [2.75, 3.05) is 11.9 Å². The molecule has 0 unspecified atom stereocenters. The molecule has 3 heterocycles. The van der Waals surface area contributed by atoms with Crippen LogP contribution in [0, 0.1) is 6.92 Å². The third-order valence-corrected chi connectivity index (χ3v) is 5.67. The number of carbonyl (C=O) groups excluding carboxylic acids is 1. The van der Waals surface area contributed by atoms with Gasteiger partial charge in [0, 0.05) is 33.2 Å². The lowest BCUT2D eigenvalue weighted by Gasteiger charge is -2.33. The lowest BCUT2D eigenvalue weighted by atomic mass is 9.82. The molecule has 3 aromatic rings. The van der Waals surface area contributed by atoms with E-state index < -0.39 is 5.54 Å². The first-order chi connectivity index (χ1) is 11.6. The summed E-state index contributed by atoms with van der Waals surface area (Å²) in [6, 6.07) is 12.4. The van der Waals surface area contributed by atoms with Crippen molar-refractivity contribution in [1.82, 2.24) is 10.3 Å². The number of rotatable bonds is 0. The molecule has 120 valence electrons. The molecule has 0 saturated heterocycles. The third-order valence-electron chi connectivity index (χ3n) is 5.18. The molecule has 2 aliphatic heterocycles. The van der Waals surface area contributed by atoms with E-state index in [0.29, 0.717) is 0 Å². The lowest BCUT2D eigenvalue weighted by Crippen LogP contribution is -2.53. The van der Waals surface area contributed by atoms with Gasteiger partial charge in [0.15, 0.2) is 5.54 Å². The Morgan fingerprint density at radius 3 is 2.92 bits per heavy atom. The minimum Gasteiger partial charge on any atom is -0.356 e. The Labute approximate surface area is 147 Å². The standard InChI is InChI=1S/C19H16BrN3O/c1-10-2-4-15-13(8-10)12-6-7-21-19(17(12)22-15)14-9-11(20)3-5-16(14)23-18(19)24/h2-5,8-9,21-22H,6-7H2,1H3,(H,23,24)/t19-/m0/s1. The summed E-state index contributed by atoms with van der Waals surface area (Å²) in [5, 5.41) is 7.76. The highest BCUT2D eigenvalue weighted by atomic mass is 79.9. The summed E-state index contributed by atoms with van der Waals surface area (Å²) in [6.07, 6.45) is 0.914.